The number of fused-ring (bicyclic) bond motifs is 1. The molecule has 5 nitrogen and oxygen atoms in total. The maximum Gasteiger partial charge on any atom is 0.240 e. The Bertz CT molecular complexity index is 670. The van der Waals surface area contributed by atoms with E-state index in [9.17, 15) is 14.4 Å². The molecular weight excluding hydrogens is 304 g/mol. The van der Waals surface area contributed by atoms with Gasteiger partial charge in [0.15, 0.2) is 0 Å². The number of hydrogen-bond acceptors (Lipinski definition) is 3. The Hall–Kier alpha value is -2.43. The molecular formula is C19H22N2O3. The van der Waals surface area contributed by atoms with Crippen LogP contribution in [0.3, 0.4) is 0 Å². The third kappa shape index (κ3) is 3.25. The highest BCUT2D eigenvalue weighted by molar-refractivity contribution is 6.07. The molecule has 1 heterocycles. The molecule has 3 rings (SSSR count). The summed E-state index contributed by atoms with van der Waals surface area (Å²) in [4.78, 5) is 37.9. The second-order valence-electron chi connectivity index (χ2n) is 6.44. The van der Waals surface area contributed by atoms with Crippen LogP contribution in [0.5, 0.6) is 0 Å². The van der Waals surface area contributed by atoms with E-state index in [-0.39, 0.29) is 36.1 Å². The summed E-state index contributed by atoms with van der Waals surface area (Å²) in [5.74, 6) is -1.24. The summed E-state index contributed by atoms with van der Waals surface area (Å²) in [5.41, 5.74) is 2.37. The van der Waals surface area contributed by atoms with Crippen LogP contribution in [0, 0.1) is 18.8 Å². The van der Waals surface area contributed by atoms with Crippen LogP contribution in [-0.4, -0.2) is 35.7 Å². The van der Waals surface area contributed by atoms with Crippen LogP contribution < -0.4 is 5.32 Å². The van der Waals surface area contributed by atoms with Gasteiger partial charge in [0.25, 0.3) is 0 Å². The van der Waals surface area contributed by atoms with Gasteiger partial charge < -0.3 is 5.32 Å². The molecule has 2 aliphatic rings. The molecule has 1 N–H and O–H groups in total. The van der Waals surface area contributed by atoms with E-state index in [0.717, 1.165) is 11.3 Å². The van der Waals surface area contributed by atoms with E-state index >= 15 is 0 Å². The fraction of sp³-hybridized carbons (Fsp3) is 0.421. The highest BCUT2D eigenvalue weighted by Gasteiger charge is 2.47. The predicted molar refractivity (Wildman–Crippen MR) is 90.0 cm³/mol. The van der Waals surface area contributed by atoms with Crippen molar-refractivity contribution in [2.24, 2.45) is 11.8 Å². The first-order valence-corrected chi connectivity index (χ1v) is 8.39. The average molecular weight is 326 g/mol. The van der Waals surface area contributed by atoms with Crippen LogP contribution in [-0.2, 0) is 20.8 Å². The number of benzene rings is 1. The fourth-order valence-electron chi connectivity index (χ4n) is 3.45. The normalized spacial score (nSPS) is 22.6. The summed E-state index contributed by atoms with van der Waals surface area (Å²) < 4.78 is 0. The van der Waals surface area contributed by atoms with E-state index in [1.54, 1.807) is 0 Å². The zero-order chi connectivity index (χ0) is 17.1. The molecule has 1 aromatic rings. The van der Waals surface area contributed by atoms with Gasteiger partial charge in [0.05, 0.1) is 11.8 Å². The van der Waals surface area contributed by atoms with Gasteiger partial charge in [-0.25, -0.2) is 0 Å². The van der Waals surface area contributed by atoms with Crippen molar-refractivity contribution >= 4 is 17.7 Å². The Morgan fingerprint density at radius 2 is 1.75 bits per heavy atom. The molecule has 1 aromatic carbocycles. The molecule has 0 bridgehead atoms. The second kappa shape index (κ2) is 6.99. The van der Waals surface area contributed by atoms with Crippen molar-refractivity contribution in [1.29, 1.82) is 0 Å². The first-order chi connectivity index (χ1) is 11.6. The average Bonchev–Trinajstić information content (AvgIpc) is 2.82. The van der Waals surface area contributed by atoms with Crippen LogP contribution in [0.1, 0.15) is 24.0 Å². The van der Waals surface area contributed by atoms with E-state index < -0.39 is 0 Å². The molecule has 0 saturated carbocycles. The van der Waals surface area contributed by atoms with Gasteiger partial charge in [0, 0.05) is 6.54 Å². The van der Waals surface area contributed by atoms with Gasteiger partial charge >= 0.3 is 0 Å². The van der Waals surface area contributed by atoms with Crippen molar-refractivity contribution in [3.8, 4) is 0 Å². The third-order valence-electron chi connectivity index (χ3n) is 4.88. The summed E-state index contributed by atoms with van der Waals surface area (Å²) in [7, 11) is 0. The summed E-state index contributed by atoms with van der Waals surface area (Å²) in [6.07, 6.45) is 5.81. The molecule has 1 aliphatic heterocycles. The number of allylic oxidation sites excluding steroid dienone is 2. The molecule has 2 atom stereocenters. The predicted octanol–water partition coefficient (Wildman–Crippen LogP) is 1.60. The van der Waals surface area contributed by atoms with Crippen LogP contribution in [0.4, 0.5) is 0 Å². The SMILES string of the molecule is Cc1ccccc1CCNC(=O)CN1C(=O)C2CC=CCC2C1=O. The van der Waals surface area contributed by atoms with Gasteiger partial charge in [-0.15, -0.1) is 0 Å². The van der Waals surface area contributed by atoms with Gasteiger partial charge in [-0.3, -0.25) is 19.3 Å². The van der Waals surface area contributed by atoms with Crippen molar-refractivity contribution in [2.45, 2.75) is 26.2 Å². The highest BCUT2D eigenvalue weighted by atomic mass is 16.2. The van der Waals surface area contributed by atoms with E-state index in [4.69, 9.17) is 0 Å². The molecule has 126 valence electrons. The van der Waals surface area contributed by atoms with E-state index in [0.29, 0.717) is 19.4 Å². The van der Waals surface area contributed by atoms with Gasteiger partial charge in [-0.1, -0.05) is 36.4 Å². The summed E-state index contributed by atoms with van der Waals surface area (Å²) in [5, 5.41) is 2.81. The van der Waals surface area contributed by atoms with E-state index in [1.165, 1.54) is 11.1 Å². The standard InChI is InChI=1S/C19H22N2O3/c1-13-6-2-3-7-14(13)10-11-20-17(22)12-21-18(23)15-8-4-5-9-16(15)19(21)24/h2-7,15-16H,8-12H2,1H3,(H,20,22). The maximum absolute atomic E-state index is 12.3. The Morgan fingerprint density at radius 3 is 2.38 bits per heavy atom. The number of nitrogens with one attached hydrogen (secondary N) is 1. The Morgan fingerprint density at radius 1 is 1.12 bits per heavy atom. The number of carbonyl (C=O) groups excluding carboxylic acids is 3. The number of carbonyl (C=O) groups is 3. The number of aryl methyl sites for hydroxylation is 1. The van der Waals surface area contributed by atoms with Gasteiger partial charge in [-0.2, -0.15) is 0 Å². The number of amides is 3. The van der Waals surface area contributed by atoms with Crippen molar-refractivity contribution in [3.63, 3.8) is 0 Å². The first-order valence-electron chi connectivity index (χ1n) is 8.39. The Labute approximate surface area is 141 Å². The summed E-state index contributed by atoms with van der Waals surface area (Å²) in [6, 6.07) is 8.03. The molecule has 1 fully saturated rings. The smallest absolute Gasteiger partial charge is 0.240 e. The Kier molecular flexibility index (Phi) is 4.79. The molecule has 0 radical (unpaired) electrons. The fourth-order valence-corrected chi connectivity index (χ4v) is 3.45. The molecule has 0 spiro atoms. The Balaban J connectivity index is 1.51. The second-order valence-corrected chi connectivity index (χ2v) is 6.44. The molecule has 0 aromatic heterocycles. The summed E-state index contributed by atoms with van der Waals surface area (Å²) in [6.45, 7) is 2.36. The van der Waals surface area contributed by atoms with E-state index in [2.05, 4.69) is 5.32 Å². The third-order valence-corrected chi connectivity index (χ3v) is 4.88. The quantitative estimate of drug-likeness (QED) is 0.660. The topological polar surface area (TPSA) is 66.5 Å². The lowest BCUT2D eigenvalue weighted by Crippen LogP contribution is -2.41. The first kappa shape index (κ1) is 16.4. The molecule has 1 aliphatic carbocycles. The number of hydrogen-bond donors (Lipinski definition) is 1. The minimum absolute atomic E-state index is 0.168. The van der Waals surface area contributed by atoms with Crippen LogP contribution in [0.15, 0.2) is 36.4 Å². The number of nitrogens with zero attached hydrogens (tertiary/aromatic N) is 1. The lowest BCUT2D eigenvalue weighted by atomic mass is 9.85. The van der Waals surface area contributed by atoms with Crippen LogP contribution in [0.2, 0.25) is 0 Å². The van der Waals surface area contributed by atoms with Gasteiger partial charge in [-0.05, 0) is 37.3 Å². The minimum atomic E-state index is -0.281. The molecule has 3 amide bonds. The van der Waals surface area contributed by atoms with Crippen molar-refractivity contribution in [3.05, 3.63) is 47.5 Å². The minimum Gasteiger partial charge on any atom is -0.354 e. The van der Waals surface area contributed by atoms with Crippen LogP contribution >= 0.6 is 0 Å². The molecule has 24 heavy (non-hydrogen) atoms. The number of likely N-dealkylation sites (tertiary alicyclic amines) is 1. The van der Waals surface area contributed by atoms with Crippen molar-refractivity contribution in [1.82, 2.24) is 10.2 Å². The van der Waals surface area contributed by atoms with Gasteiger partial charge in [0.1, 0.15) is 6.54 Å². The summed E-state index contributed by atoms with van der Waals surface area (Å²) >= 11 is 0. The van der Waals surface area contributed by atoms with Crippen molar-refractivity contribution in [2.75, 3.05) is 13.1 Å². The van der Waals surface area contributed by atoms with Gasteiger partial charge in [0.2, 0.25) is 17.7 Å². The maximum atomic E-state index is 12.3. The largest absolute Gasteiger partial charge is 0.354 e. The van der Waals surface area contributed by atoms with Crippen LogP contribution in [0.25, 0.3) is 0 Å². The molecule has 1 saturated heterocycles. The number of imide groups is 1. The lowest BCUT2D eigenvalue weighted by molar-refractivity contribution is -0.143. The lowest BCUT2D eigenvalue weighted by Gasteiger charge is -2.14. The zero-order valence-electron chi connectivity index (χ0n) is 13.8. The monoisotopic (exact) mass is 326 g/mol. The highest BCUT2D eigenvalue weighted by Crippen LogP contribution is 2.34. The molecule has 5 heteroatoms. The molecule has 2 unspecified atom stereocenters. The van der Waals surface area contributed by atoms with E-state index in [1.807, 2.05) is 43.3 Å². The number of rotatable bonds is 5. The zero-order valence-corrected chi connectivity index (χ0v) is 13.8. The van der Waals surface area contributed by atoms with Crippen molar-refractivity contribution < 1.29 is 14.4 Å².